The van der Waals surface area contributed by atoms with Gasteiger partial charge in [0.2, 0.25) is 0 Å². The zero-order chi connectivity index (χ0) is 18.0. The van der Waals surface area contributed by atoms with Gasteiger partial charge in [-0.2, -0.15) is 0 Å². The summed E-state index contributed by atoms with van der Waals surface area (Å²) in [5.41, 5.74) is 1.82. The van der Waals surface area contributed by atoms with Crippen molar-refractivity contribution in [3.05, 3.63) is 41.5 Å². The lowest BCUT2D eigenvalue weighted by atomic mass is 9.93. The van der Waals surface area contributed by atoms with Gasteiger partial charge in [-0.1, -0.05) is 47.9 Å². The van der Waals surface area contributed by atoms with Crippen LogP contribution < -0.4 is 4.74 Å². The maximum absolute atomic E-state index is 5.62. The van der Waals surface area contributed by atoms with Crippen molar-refractivity contribution < 1.29 is 4.74 Å². The second kappa shape index (κ2) is 6.62. The summed E-state index contributed by atoms with van der Waals surface area (Å²) in [5, 5.41) is 2.21. The summed E-state index contributed by atoms with van der Waals surface area (Å²) in [5.74, 6) is 14.1. The Hall–Kier alpha value is -2.38. The van der Waals surface area contributed by atoms with Gasteiger partial charge in [-0.15, -0.1) is 0 Å². The van der Waals surface area contributed by atoms with Gasteiger partial charge in [0.25, 0.3) is 0 Å². The summed E-state index contributed by atoms with van der Waals surface area (Å²) >= 11 is 0. The van der Waals surface area contributed by atoms with Crippen LogP contribution in [0.2, 0.25) is 0 Å². The lowest BCUT2D eigenvalue weighted by Crippen LogP contribution is -2.01. The van der Waals surface area contributed by atoms with Crippen LogP contribution in [0.4, 0.5) is 0 Å². The van der Waals surface area contributed by atoms with Crippen molar-refractivity contribution in [1.29, 1.82) is 0 Å². The quantitative estimate of drug-likeness (QED) is 0.618. The van der Waals surface area contributed by atoms with Crippen LogP contribution in [0, 0.1) is 34.5 Å². The minimum absolute atomic E-state index is 0.0426. The van der Waals surface area contributed by atoms with E-state index in [9.17, 15) is 0 Å². The SMILES string of the molecule is COc1cc(C#CC(C)(C)C)c2ccccc2c1C#CC(C)(C)C. The Bertz CT molecular complexity index is 866. The summed E-state index contributed by atoms with van der Waals surface area (Å²) < 4.78 is 5.62. The highest BCUT2D eigenvalue weighted by atomic mass is 16.5. The molecule has 0 heterocycles. The standard InChI is InChI=1S/C23H26O/c1-22(2,3)14-12-17-16-21(24-7)20(13-15-23(4,5)6)19-11-9-8-10-18(17)19/h8-11,16H,1-7H3. The number of benzene rings is 2. The Kier molecular flexibility index (Phi) is 4.96. The van der Waals surface area contributed by atoms with Crippen LogP contribution in [0.15, 0.2) is 30.3 Å². The Balaban J connectivity index is 2.77. The number of methoxy groups -OCH3 is 1. The summed E-state index contributed by atoms with van der Waals surface area (Å²) in [7, 11) is 1.69. The molecule has 0 aliphatic rings. The smallest absolute Gasteiger partial charge is 0.136 e. The van der Waals surface area contributed by atoms with Crippen LogP contribution in [-0.4, -0.2) is 7.11 Å². The number of hydrogen-bond donors (Lipinski definition) is 0. The van der Waals surface area contributed by atoms with E-state index < -0.39 is 0 Å². The van der Waals surface area contributed by atoms with E-state index in [1.807, 2.05) is 18.2 Å². The van der Waals surface area contributed by atoms with Gasteiger partial charge in [0.1, 0.15) is 5.75 Å². The molecule has 0 bridgehead atoms. The van der Waals surface area contributed by atoms with Gasteiger partial charge in [0.15, 0.2) is 0 Å². The molecule has 1 heteroatoms. The van der Waals surface area contributed by atoms with Crippen molar-refractivity contribution in [1.82, 2.24) is 0 Å². The third-order valence-electron chi connectivity index (χ3n) is 3.36. The van der Waals surface area contributed by atoms with Crippen molar-refractivity contribution in [2.45, 2.75) is 41.5 Å². The van der Waals surface area contributed by atoms with E-state index in [1.165, 1.54) is 0 Å². The first-order valence-corrected chi connectivity index (χ1v) is 8.27. The Morgan fingerprint density at radius 3 is 1.88 bits per heavy atom. The summed E-state index contributed by atoms with van der Waals surface area (Å²) in [6.45, 7) is 12.7. The van der Waals surface area contributed by atoms with Gasteiger partial charge in [-0.25, -0.2) is 0 Å². The average Bonchev–Trinajstić information content (AvgIpc) is 2.49. The predicted octanol–water partition coefficient (Wildman–Crippen LogP) is 5.64. The number of fused-ring (bicyclic) bond motifs is 1. The zero-order valence-corrected chi connectivity index (χ0v) is 15.8. The fraction of sp³-hybridized carbons (Fsp3) is 0.391. The van der Waals surface area contributed by atoms with E-state index in [0.29, 0.717) is 0 Å². The molecular weight excluding hydrogens is 292 g/mol. The predicted molar refractivity (Wildman–Crippen MR) is 103 cm³/mol. The van der Waals surface area contributed by atoms with E-state index in [4.69, 9.17) is 4.74 Å². The third kappa shape index (κ3) is 4.56. The molecule has 2 aromatic carbocycles. The van der Waals surface area contributed by atoms with Crippen molar-refractivity contribution in [2.75, 3.05) is 7.11 Å². The first kappa shape index (κ1) is 18.0. The molecule has 0 aliphatic heterocycles. The molecule has 0 unspecified atom stereocenters. The molecule has 0 radical (unpaired) electrons. The fourth-order valence-corrected chi connectivity index (χ4v) is 2.25. The van der Waals surface area contributed by atoms with E-state index in [0.717, 1.165) is 27.6 Å². The molecule has 0 amide bonds. The first-order chi connectivity index (χ1) is 11.1. The molecule has 0 aromatic heterocycles. The summed E-state index contributed by atoms with van der Waals surface area (Å²) in [6, 6.07) is 10.3. The molecule has 0 saturated heterocycles. The largest absolute Gasteiger partial charge is 0.495 e. The monoisotopic (exact) mass is 318 g/mol. The lowest BCUT2D eigenvalue weighted by Gasteiger charge is -2.12. The molecule has 24 heavy (non-hydrogen) atoms. The molecule has 0 N–H and O–H groups in total. The lowest BCUT2D eigenvalue weighted by molar-refractivity contribution is 0.414. The Morgan fingerprint density at radius 2 is 1.33 bits per heavy atom. The van der Waals surface area contributed by atoms with Gasteiger partial charge in [-0.3, -0.25) is 0 Å². The molecule has 0 saturated carbocycles. The van der Waals surface area contributed by atoms with Crippen molar-refractivity contribution >= 4 is 10.8 Å². The Labute approximate surface area is 146 Å². The Morgan fingerprint density at radius 1 is 0.792 bits per heavy atom. The maximum atomic E-state index is 5.62. The molecule has 0 aliphatic carbocycles. The van der Waals surface area contributed by atoms with Crippen molar-refractivity contribution in [2.24, 2.45) is 10.8 Å². The van der Waals surface area contributed by atoms with Crippen LogP contribution in [0.1, 0.15) is 52.7 Å². The van der Waals surface area contributed by atoms with Gasteiger partial charge in [0.05, 0.1) is 12.7 Å². The molecule has 124 valence electrons. The average molecular weight is 318 g/mol. The minimum Gasteiger partial charge on any atom is -0.495 e. The molecule has 2 aromatic rings. The van der Waals surface area contributed by atoms with Gasteiger partial charge < -0.3 is 4.74 Å². The summed E-state index contributed by atoms with van der Waals surface area (Å²) in [4.78, 5) is 0. The normalized spacial score (nSPS) is 11.3. The molecular formula is C23H26O. The molecule has 0 spiro atoms. The molecule has 0 fully saturated rings. The van der Waals surface area contributed by atoms with Gasteiger partial charge in [-0.05, 0) is 53.0 Å². The zero-order valence-electron chi connectivity index (χ0n) is 15.8. The summed E-state index contributed by atoms with van der Waals surface area (Å²) in [6.07, 6.45) is 0. The molecule has 2 rings (SSSR count). The van der Waals surface area contributed by atoms with E-state index in [-0.39, 0.29) is 10.8 Å². The number of hydrogen-bond acceptors (Lipinski definition) is 1. The minimum atomic E-state index is -0.0587. The van der Waals surface area contributed by atoms with Crippen LogP contribution >= 0.6 is 0 Å². The van der Waals surface area contributed by atoms with Gasteiger partial charge >= 0.3 is 0 Å². The van der Waals surface area contributed by atoms with Crippen LogP contribution in [0.5, 0.6) is 5.75 Å². The van der Waals surface area contributed by atoms with E-state index in [1.54, 1.807) is 7.11 Å². The van der Waals surface area contributed by atoms with E-state index >= 15 is 0 Å². The van der Waals surface area contributed by atoms with E-state index in [2.05, 4.69) is 77.4 Å². The van der Waals surface area contributed by atoms with Crippen LogP contribution in [0.25, 0.3) is 10.8 Å². The third-order valence-corrected chi connectivity index (χ3v) is 3.36. The number of rotatable bonds is 1. The van der Waals surface area contributed by atoms with Crippen LogP contribution in [-0.2, 0) is 0 Å². The topological polar surface area (TPSA) is 9.23 Å². The highest BCUT2D eigenvalue weighted by molar-refractivity contribution is 5.95. The highest BCUT2D eigenvalue weighted by Gasteiger charge is 2.12. The van der Waals surface area contributed by atoms with Crippen LogP contribution in [0.3, 0.4) is 0 Å². The fourth-order valence-electron chi connectivity index (χ4n) is 2.25. The van der Waals surface area contributed by atoms with Crippen molar-refractivity contribution in [3.8, 4) is 29.4 Å². The first-order valence-electron chi connectivity index (χ1n) is 8.27. The second-order valence-corrected chi connectivity index (χ2v) is 8.05. The molecule has 0 atom stereocenters. The number of ether oxygens (including phenoxy) is 1. The second-order valence-electron chi connectivity index (χ2n) is 8.05. The molecule has 1 nitrogen and oxygen atoms in total. The highest BCUT2D eigenvalue weighted by Crippen LogP contribution is 2.31. The maximum Gasteiger partial charge on any atom is 0.136 e. The van der Waals surface area contributed by atoms with Gasteiger partial charge in [0, 0.05) is 21.8 Å². The van der Waals surface area contributed by atoms with Crippen molar-refractivity contribution in [3.63, 3.8) is 0 Å².